The van der Waals surface area contributed by atoms with Gasteiger partial charge in [-0.3, -0.25) is 4.79 Å². The number of anilines is 1. The van der Waals surface area contributed by atoms with Crippen LogP contribution < -0.4 is 10.6 Å². The van der Waals surface area contributed by atoms with Crippen LogP contribution in [0.3, 0.4) is 0 Å². The maximum Gasteiger partial charge on any atom is 0.277 e. The minimum atomic E-state index is -0.254. The minimum absolute atomic E-state index is 0.254. The fraction of sp³-hybridized carbons (Fsp3) is 0.286. The van der Waals surface area contributed by atoms with Gasteiger partial charge in [0.1, 0.15) is 5.76 Å². The van der Waals surface area contributed by atoms with Crippen molar-refractivity contribution in [1.29, 1.82) is 0 Å². The molecule has 2 rings (SSSR count). The zero-order valence-electron chi connectivity index (χ0n) is 11.1. The first-order valence-electron chi connectivity index (χ1n) is 6.22. The van der Waals surface area contributed by atoms with Gasteiger partial charge in [0.05, 0.1) is 0 Å². The number of nitrogens with one attached hydrogen (secondary N) is 2. The van der Waals surface area contributed by atoms with E-state index in [4.69, 9.17) is 4.42 Å². The van der Waals surface area contributed by atoms with Crippen molar-refractivity contribution >= 4 is 11.6 Å². The Bertz CT molecular complexity index is 563. The Morgan fingerprint density at radius 1 is 1.37 bits per heavy atom. The normalized spacial score (nSPS) is 10.4. The molecule has 2 aromatic rings. The van der Waals surface area contributed by atoms with Crippen LogP contribution in [-0.4, -0.2) is 17.4 Å². The molecule has 1 aromatic carbocycles. The first-order chi connectivity index (χ1) is 9.22. The second-order valence-electron chi connectivity index (χ2n) is 4.15. The van der Waals surface area contributed by atoms with E-state index >= 15 is 0 Å². The number of hydrogen-bond acceptors (Lipinski definition) is 4. The third-order valence-electron chi connectivity index (χ3n) is 2.79. The summed E-state index contributed by atoms with van der Waals surface area (Å²) in [5.41, 5.74) is 2.15. The number of amides is 1. The van der Waals surface area contributed by atoms with Gasteiger partial charge in [0, 0.05) is 12.2 Å². The van der Waals surface area contributed by atoms with E-state index in [1.165, 1.54) is 6.39 Å². The highest BCUT2D eigenvalue weighted by atomic mass is 16.3. The number of benzene rings is 1. The quantitative estimate of drug-likeness (QED) is 0.865. The monoisotopic (exact) mass is 259 g/mol. The molecule has 5 heteroatoms. The van der Waals surface area contributed by atoms with Gasteiger partial charge in [-0.05, 0) is 25.1 Å². The number of hydrogen-bond donors (Lipinski definition) is 2. The lowest BCUT2D eigenvalue weighted by atomic mass is 10.1. The Morgan fingerprint density at radius 2 is 2.16 bits per heavy atom. The second kappa shape index (κ2) is 6.15. The van der Waals surface area contributed by atoms with Crippen LogP contribution in [0.5, 0.6) is 0 Å². The van der Waals surface area contributed by atoms with Crippen molar-refractivity contribution in [3.05, 3.63) is 47.7 Å². The number of aryl methyl sites for hydroxylation is 1. The largest absolute Gasteiger partial charge is 0.448 e. The first-order valence-corrected chi connectivity index (χ1v) is 6.22. The Labute approximate surface area is 112 Å². The van der Waals surface area contributed by atoms with Crippen LogP contribution in [0.2, 0.25) is 0 Å². The molecule has 1 heterocycles. The Balaban J connectivity index is 2.15. The van der Waals surface area contributed by atoms with Crippen molar-refractivity contribution in [1.82, 2.24) is 10.3 Å². The molecule has 0 unspecified atom stereocenters. The fourth-order valence-corrected chi connectivity index (χ4v) is 1.76. The lowest BCUT2D eigenvalue weighted by Crippen LogP contribution is -2.17. The SMILES string of the molecule is CCNCc1ccccc1NC(=O)c1ncoc1C. The number of carbonyl (C=O) groups is 1. The minimum Gasteiger partial charge on any atom is -0.448 e. The summed E-state index contributed by atoms with van der Waals surface area (Å²) in [4.78, 5) is 16.0. The average Bonchev–Trinajstić information content (AvgIpc) is 2.84. The summed E-state index contributed by atoms with van der Waals surface area (Å²) in [6.45, 7) is 5.35. The standard InChI is InChI=1S/C14H17N3O2/c1-3-15-8-11-6-4-5-7-12(11)17-14(18)13-10(2)19-9-16-13/h4-7,9,15H,3,8H2,1-2H3,(H,17,18). The predicted molar refractivity (Wildman–Crippen MR) is 73.0 cm³/mol. The fourth-order valence-electron chi connectivity index (χ4n) is 1.76. The van der Waals surface area contributed by atoms with Gasteiger partial charge in [-0.15, -0.1) is 0 Å². The Kier molecular flexibility index (Phi) is 4.30. The van der Waals surface area contributed by atoms with Crippen molar-refractivity contribution in [3.8, 4) is 0 Å². The molecule has 0 fully saturated rings. The number of aromatic nitrogens is 1. The highest BCUT2D eigenvalue weighted by molar-refractivity contribution is 6.03. The van der Waals surface area contributed by atoms with Crippen molar-refractivity contribution < 1.29 is 9.21 Å². The molecule has 0 aliphatic rings. The molecular formula is C14H17N3O2. The average molecular weight is 259 g/mol. The molecule has 5 nitrogen and oxygen atoms in total. The Morgan fingerprint density at radius 3 is 2.84 bits per heavy atom. The summed E-state index contributed by atoms with van der Waals surface area (Å²) in [6.07, 6.45) is 1.27. The number of para-hydroxylation sites is 1. The number of carbonyl (C=O) groups excluding carboxylic acids is 1. The third-order valence-corrected chi connectivity index (χ3v) is 2.79. The summed E-state index contributed by atoms with van der Waals surface area (Å²) in [5, 5.41) is 6.10. The van der Waals surface area contributed by atoms with Crippen LogP contribution in [0, 0.1) is 6.92 Å². The summed E-state index contributed by atoms with van der Waals surface area (Å²) in [6, 6.07) is 7.69. The molecule has 19 heavy (non-hydrogen) atoms. The third kappa shape index (κ3) is 3.20. The van der Waals surface area contributed by atoms with Crippen molar-refractivity contribution in [2.24, 2.45) is 0 Å². The van der Waals surface area contributed by atoms with Crippen LogP contribution in [0.25, 0.3) is 0 Å². The number of nitrogens with zero attached hydrogens (tertiary/aromatic N) is 1. The van der Waals surface area contributed by atoms with Gasteiger partial charge >= 0.3 is 0 Å². The molecule has 0 saturated carbocycles. The maximum atomic E-state index is 12.1. The summed E-state index contributed by atoms with van der Waals surface area (Å²) in [5.74, 6) is 0.261. The van der Waals surface area contributed by atoms with E-state index in [0.717, 1.165) is 17.8 Å². The maximum absolute atomic E-state index is 12.1. The highest BCUT2D eigenvalue weighted by Crippen LogP contribution is 2.16. The van der Waals surface area contributed by atoms with Crippen LogP contribution in [-0.2, 0) is 6.54 Å². The van der Waals surface area contributed by atoms with Crippen LogP contribution in [0.4, 0.5) is 5.69 Å². The zero-order chi connectivity index (χ0) is 13.7. The topological polar surface area (TPSA) is 67.2 Å². The van der Waals surface area contributed by atoms with Gasteiger partial charge in [-0.2, -0.15) is 0 Å². The van der Waals surface area contributed by atoms with Crippen LogP contribution in [0.15, 0.2) is 35.1 Å². The Hall–Kier alpha value is -2.14. The van der Waals surface area contributed by atoms with E-state index in [1.54, 1.807) is 6.92 Å². The van der Waals surface area contributed by atoms with E-state index in [9.17, 15) is 4.79 Å². The molecule has 0 aliphatic carbocycles. The molecule has 0 atom stereocenters. The molecule has 0 aliphatic heterocycles. The molecule has 100 valence electrons. The van der Waals surface area contributed by atoms with Gasteiger partial charge in [-0.1, -0.05) is 25.1 Å². The van der Waals surface area contributed by atoms with Crippen LogP contribution in [0.1, 0.15) is 28.7 Å². The highest BCUT2D eigenvalue weighted by Gasteiger charge is 2.14. The molecule has 1 aromatic heterocycles. The summed E-state index contributed by atoms with van der Waals surface area (Å²) < 4.78 is 5.03. The molecule has 0 bridgehead atoms. The van der Waals surface area contributed by atoms with E-state index in [-0.39, 0.29) is 5.91 Å². The zero-order valence-corrected chi connectivity index (χ0v) is 11.1. The lowest BCUT2D eigenvalue weighted by Gasteiger charge is -2.10. The van der Waals surface area contributed by atoms with E-state index in [0.29, 0.717) is 18.0 Å². The van der Waals surface area contributed by atoms with Gasteiger partial charge in [0.15, 0.2) is 12.1 Å². The van der Waals surface area contributed by atoms with Gasteiger partial charge < -0.3 is 15.1 Å². The van der Waals surface area contributed by atoms with Crippen LogP contribution >= 0.6 is 0 Å². The van der Waals surface area contributed by atoms with Crippen molar-refractivity contribution in [3.63, 3.8) is 0 Å². The van der Waals surface area contributed by atoms with E-state index in [1.807, 2.05) is 31.2 Å². The second-order valence-corrected chi connectivity index (χ2v) is 4.15. The number of oxazole rings is 1. The van der Waals surface area contributed by atoms with E-state index in [2.05, 4.69) is 15.6 Å². The molecule has 0 spiro atoms. The number of rotatable bonds is 5. The van der Waals surface area contributed by atoms with Gasteiger partial charge in [0.2, 0.25) is 0 Å². The predicted octanol–water partition coefficient (Wildman–Crippen LogP) is 2.34. The summed E-state index contributed by atoms with van der Waals surface area (Å²) >= 11 is 0. The molecule has 0 saturated heterocycles. The molecule has 0 radical (unpaired) electrons. The summed E-state index contributed by atoms with van der Waals surface area (Å²) in [7, 11) is 0. The lowest BCUT2D eigenvalue weighted by molar-refractivity contribution is 0.102. The van der Waals surface area contributed by atoms with Crippen molar-refractivity contribution in [2.75, 3.05) is 11.9 Å². The van der Waals surface area contributed by atoms with Gasteiger partial charge in [-0.25, -0.2) is 4.98 Å². The first kappa shape index (κ1) is 13.3. The van der Waals surface area contributed by atoms with E-state index < -0.39 is 0 Å². The molecule has 1 amide bonds. The smallest absolute Gasteiger partial charge is 0.277 e. The van der Waals surface area contributed by atoms with Gasteiger partial charge in [0.25, 0.3) is 5.91 Å². The van der Waals surface area contributed by atoms with Crippen molar-refractivity contribution in [2.45, 2.75) is 20.4 Å². The molecule has 2 N–H and O–H groups in total. The molecular weight excluding hydrogens is 242 g/mol.